The van der Waals surface area contributed by atoms with Crippen LogP contribution in [0.2, 0.25) is 0 Å². The molecule has 0 aliphatic rings. The van der Waals surface area contributed by atoms with E-state index in [9.17, 15) is 0 Å². The molecular formula is C52H90O6. The molecule has 0 heterocycles. The highest BCUT2D eigenvalue weighted by Crippen LogP contribution is 2.14. The normalized spacial score (nSPS) is 12.7. The minimum absolute atomic E-state index is 0.0133. The lowest BCUT2D eigenvalue weighted by molar-refractivity contribution is -0.0645. The molecule has 0 amide bonds. The van der Waals surface area contributed by atoms with Gasteiger partial charge in [0.25, 0.3) is 0 Å². The fraction of sp³-hybridized carbons (Fsp3) is 0.769. The molecule has 0 aliphatic carbocycles. The zero-order chi connectivity index (χ0) is 41.1. The molecule has 6 heteroatoms. The van der Waals surface area contributed by atoms with Gasteiger partial charge in [-0.05, 0) is 36.8 Å². The van der Waals surface area contributed by atoms with E-state index in [2.05, 4.69) is 62.4 Å². The first-order valence-electron chi connectivity index (χ1n) is 24.4. The summed E-state index contributed by atoms with van der Waals surface area (Å²) in [5.41, 5.74) is 2.40. The van der Waals surface area contributed by atoms with Crippen LogP contribution in [0.1, 0.15) is 192 Å². The molecule has 2 unspecified atom stereocenters. The molecule has 2 rings (SSSR count). The number of benzene rings is 2. The lowest BCUT2D eigenvalue weighted by Crippen LogP contribution is -2.26. The van der Waals surface area contributed by atoms with Gasteiger partial charge in [-0.15, -0.1) is 0 Å². The van der Waals surface area contributed by atoms with Crippen molar-refractivity contribution in [3.63, 3.8) is 0 Å². The van der Waals surface area contributed by atoms with Gasteiger partial charge in [-0.1, -0.05) is 216 Å². The molecular weight excluding hydrogens is 721 g/mol. The molecule has 334 valence electrons. The van der Waals surface area contributed by atoms with Crippen LogP contribution in [0.4, 0.5) is 0 Å². The van der Waals surface area contributed by atoms with Crippen LogP contribution in [0, 0.1) is 0 Å². The van der Waals surface area contributed by atoms with Crippen molar-refractivity contribution < 1.29 is 28.4 Å². The molecule has 0 saturated heterocycles. The van der Waals surface area contributed by atoms with Gasteiger partial charge in [0, 0.05) is 26.4 Å². The molecule has 0 fully saturated rings. The summed E-state index contributed by atoms with van der Waals surface area (Å²) in [5.74, 6) is 0. The highest BCUT2D eigenvalue weighted by Gasteiger charge is 2.12. The average molecular weight is 811 g/mol. The maximum atomic E-state index is 6.21. The third-order valence-electron chi connectivity index (χ3n) is 11.0. The molecule has 0 saturated carbocycles. The van der Waals surface area contributed by atoms with E-state index in [4.69, 9.17) is 28.4 Å². The zero-order valence-electron chi connectivity index (χ0n) is 37.8. The van der Waals surface area contributed by atoms with Gasteiger partial charge in [0.2, 0.25) is 0 Å². The van der Waals surface area contributed by atoms with Crippen LogP contribution in [-0.4, -0.2) is 65.1 Å². The molecule has 2 aromatic rings. The van der Waals surface area contributed by atoms with Crippen molar-refractivity contribution in [1.82, 2.24) is 0 Å². The molecule has 6 nitrogen and oxygen atoms in total. The van der Waals surface area contributed by atoms with E-state index in [0.717, 1.165) is 52.1 Å². The second kappa shape index (κ2) is 41.9. The first-order chi connectivity index (χ1) is 28.8. The van der Waals surface area contributed by atoms with Crippen molar-refractivity contribution in [2.75, 3.05) is 52.9 Å². The Kier molecular flexibility index (Phi) is 37.8. The number of unbranched alkanes of at least 4 members (excludes halogenated alkanes) is 23. The number of ether oxygens (including phenoxy) is 6. The van der Waals surface area contributed by atoms with Gasteiger partial charge in [0.15, 0.2) is 0 Å². The average Bonchev–Trinajstić information content (AvgIpc) is 3.25. The summed E-state index contributed by atoms with van der Waals surface area (Å²) in [4.78, 5) is 0. The van der Waals surface area contributed by atoms with Crippen molar-refractivity contribution in [3.8, 4) is 0 Å². The molecule has 0 aliphatic heterocycles. The summed E-state index contributed by atoms with van der Waals surface area (Å²) in [6.45, 7) is 11.5. The third-order valence-corrected chi connectivity index (χ3v) is 11.0. The van der Waals surface area contributed by atoms with Crippen molar-refractivity contribution in [3.05, 3.63) is 71.8 Å². The van der Waals surface area contributed by atoms with E-state index in [1.807, 2.05) is 12.1 Å². The second-order valence-corrected chi connectivity index (χ2v) is 16.6. The maximum Gasteiger partial charge on any atom is 0.104 e. The minimum atomic E-state index is 0.0133. The monoisotopic (exact) mass is 811 g/mol. The Labute approximate surface area is 358 Å². The largest absolute Gasteiger partial charge is 0.379 e. The van der Waals surface area contributed by atoms with E-state index < -0.39 is 0 Å². The van der Waals surface area contributed by atoms with Gasteiger partial charge in [-0.3, -0.25) is 0 Å². The quantitative estimate of drug-likeness (QED) is 0.0621. The fourth-order valence-electron chi connectivity index (χ4n) is 7.28. The standard InChI is InChI=1S/C52H90O6/c1-3-5-7-9-23-33-41-57-51(47-55-43-49-35-27-25-28-36-49)45-53-39-31-21-19-17-15-13-11-12-14-16-18-20-22-32-40-54-46-52(58-42-34-24-10-8-6-4-2)48-56-44-50-37-29-26-30-38-50/h25-30,35-38,51-52H,3-24,31-34,39-48H2,1-2H3. The van der Waals surface area contributed by atoms with Gasteiger partial charge in [0.05, 0.1) is 39.6 Å². The Morgan fingerprint density at radius 1 is 0.310 bits per heavy atom. The smallest absolute Gasteiger partial charge is 0.104 e. The second-order valence-electron chi connectivity index (χ2n) is 16.6. The molecule has 0 bridgehead atoms. The van der Waals surface area contributed by atoms with Gasteiger partial charge < -0.3 is 28.4 Å². The topological polar surface area (TPSA) is 55.4 Å². The number of hydrogen-bond donors (Lipinski definition) is 0. The third kappa shape index (κ3) is 34.0. The summed E-state index contributed by atoms with van der Waals surface area (Å²) < 4.78 is 36.6. The van der Waals surface area contributed by atoms with Crippen LogP contribution in [0.25, 0.3) is 0 Å². The summed E-state index contributed by atoms with van der Waals surface area (Å²) in [6.07, 6.45) is 33.8. The maximum absolute atomic E-state index is 6.21. The summed E-state index contributed by atoms with van der Waals surface area (Å²) in [7, 11) is 0. The summed E-state index contributed by atoms with van der Waals surface area (Å²) in [6, 6.07) is 20.8. The Hall–Kier alpha value is -1.80. The SMILES string of the molecule is CCCCCCCCOC(COCCCCCCCCCCCCCCCCOCC(COCc1ccccc1)OCCCCCCCC)COCc1ccccc1. The van der Waals surface area contributed by atoms with Gasteiger partial charge in [0.1, 0.15) is 12.2 Å². The van der Waals surface area contributed by atoms with Crippen molar-refractivity contribution in [1.29, 1.82) is 0 Å². The Morgan fingerprint density at radius 2 is 0.586 bits per heavy atom. The molecule has 0 spiro atoms. The molecule has 2 atom stereocenters. The van der Waals surface area contributed by atoms with Crippen LogP contribution < -0.4 is 0 Å². The number of hydrogen-bond acceptors (Lipinski definition) is 6. The predicted molar refractivity (Wildman–Crippen MR) is 245 cm³/mol. The Morgan fingerprint density at radius 3 is 0.914 bits per heavy atom. The molecule has 0 aromatic heterocycles. The summed E-state index contributed by atoms with van der Waals surface area (Å²) in [5, 5.41) is 0. The molecule has 0 radical (unpaired) electrons. The first kappa shape index (κ1) is 52.3. The van der Waals surface area contributed by atoms with E-state index in [0.29, 0.717) is 39.6 Å². The first-order valence-corrected chi connectivity index (χ1v) is 24.4. The highest BCUT2D eigenvalue weighted by molar-refractivity contribution is 5.14. The van der Waals surface area contributed by atoms with E-state index in [1.54, 1.807) is 0 Å². The van der Waals surface area contributed by atoms with Gasteiger partial charge >= 0.3 is 0 Å². The molecule has 2 aromatic carbocycles. The summed E-state index contributed by atoms with van der Waals surface area (Å²) >= 11 is 0. The van der Waals surface area contributed by atoms with Gasteiger partial charge in [-0.2, -0.15) is 0 Å². The van der Waals surface area contributed by atoms with Crippen molar-refractivity contribution in [2.45, 2.75) is 206 Å². The van der Waals surface area contributed by atoms with E-state index in [-0.39, 0.29) is 12.2 Å². The van der Waals surface area contributed by atoms with E-state index >= 15 is 0 Å². The van der Waals surface area contributed by atoms with Crippen LogP contribution >= 0.6 is 0 Å². The fourth-order valence-corrected chi connectivity index (χ4v) is 7.28. The zero-order valence-corrected chi connectivity index (χ0v) is 37.8. The number of rotatable bonds is 45. The van der Waals surface area contributed by atoms with Crippen LogP contribution in [0.3, 0.4) is 0 Å². The predicted octanol–water partition coefficient (Wildman–Crippen LogP) is 14.4. The van der Waals surface area contributed by atoms with Crippen molar-refractivity contribution in [2.24, 2.45) is 0 Å². The van der Waals surface area contributed by atoms with Crippen LogP contribution in [0.15, 0.2) is 60.7 Å². The van der Waals surface area contributed by atoms with E-state index in [1.165, 1.54) is 152 Å². The Balaban J connectivity index is 1.39. The minimum Gasteiger partial charge on any atom is -0.379 e. The molecule has 0 N–H and O–H groups in total. The Bertz CT molecular complexity index is 983. The highest BCUT2D eigenvalue weighted by atomic mass is 16.6. The van der Waals surface area contributed by atoms with Crippen LogP contribution in [-0.2, 0) is 41.6 Å². The molecule has 58 heavy (non-hydrogen) atoms. The lowest BCUT2D eigenvalue weighted by atomic mass is 10.0. The lowest BCUT2D eigenvalue weighted by Gasteiger charge is -2.18. The van der Waals surface area contributed by atoms with Crippen LogP contribution in [0.5, 0.6) is 0 Å². The van der Waals surface area contributed by atoms with Gasteiger partial charge in [-0.25, -0.2) is 0 Å². The van der Waals surface area contributed by atoms with Crippen molar-refractivity contribution >= 4 is 0 Å².